The van der Waals surface area contributed by atoms with Crippen LogP contribution < -0.4 is 5.32 Å². The zero-order chi connectivity index (χ0) is 29.2. The summed E-state index contributed by atoms with van der Waals surface area (Å²) in [6.07, 6.45) is -8.39. The molecule has 1 N–H and O–H groups in total. The van der Waals surface area contributed by atoms with Crippen molar-refractivity contribution < 1.29 is 35.9 Å². The van der Waals surface area contributed by atoms with E-state index in [4.69, 9.17) is 34.8 Å². The summed E-state index contributed by atoms with van der Waals surface area (Å²) in [5.41, 5.74) is -3.36. The first-order valence-corrected chi connectivity index (χ1v) is 12.3. The van der Waals surface area contributed by atoms with Gasteiger partial charge >= 0.3 is 12.4 Å². The summed E-state index contributed by atoms with van der Waals surface area (Å²) >= 11 is 17.5. The Hall–Kier alpha value is -2.23. The second-order valence-corrected chi connectivity index (χ2v) is 10.9. The molecule has 0 fully saturated rings. The number of allylic oxidation sites excluding steroid dienone is 1. The Bertz CT molecular complexity index is 1210. The van der Waals surface area contributed by atoms with E-state index in [-0.39, 0.29) is 38.4 Å². The predicted molar refractivity (Wildman–Crippen MR) is 137 cm³/mol. The zero-order valence-corrected chi connectivity index (χ0v) is 22.9. The largest absolute Gasteiger partial charge is 0.417 e. The van der Waals surface area contributed by atoms with Crippen molar-refractivity contribution in [1.29, 1.82) is 0 Å². The van der Waals surface area contributed by atoms with Gasteiger partial charge in [0.05, 0.1) is 32.1 Å². The van der Waals surface area contributed by atoms with Gasteiger partial charge in [0.25, 0.3) is 5.91 Å². The molecule has 3 nitrogen and oxygen atoms in total. The molecule has 0 radical (unpaired) electrons. The molecule has 2 rings (SSSR count). The van der Waals surface area contributed by atoms with E-state index < -0.39 is 46.8 Å². The van der Waals surface area contributed by atoms with E-state index in [0.29, 0.717) is 12.1 Å². The molecule has 0 aromatic heterocycles. The highest BCUT2D eigenvalue weighted by atomic mass is 35.5. The quantitative estimate of drug-likeness (QED) is 0.254. The molecule has 208 valence electrons. The van der Waals surface area contributed by atoms with Crippen molar-refractivity contribution in [2.24, 2.45) is 5.41 Å². The average Bonchev–Trinajstić information content (AvgIpc) is 2.75. The lowest BCUT2D eigenvalue weighted by atomic mass is 9.87. The van der Waals surface area contributed by atoms with Gasteiger partial charge in [-0.25, -0.2) is 0 Å². The third-order valence-corrected chi connectivity index (χ3v) is 6.70. The van der Waals surface area contributed by atoms with E-state index in [1.54, 1.807) is 20.8 Å². The number of hydrogen-bond acceptors (Lipinski definition) is 2. The molecule has 0 spiro atoms. The van der Waals surface area contributed by atoms with E-state index in [1.165, 1.54) is 6.92 Å². The summed E-state index contributed by atoms with van der Waals surface area (Å²) in [6.45, 7) is 6.52. The first-order chi connectivity index (χ1) is 17.2. The molecule has 0 aliphatic rings. The average molecular weight is 603 g/mol. The van der Waals surface area contributed by atoms with Crippen LogP contribution in [0, 0.1) is 5.41 Å². The van der Waals surface area contributed by atoms with Crippen LogP contribution in [0.1, 0.15) is 67.1 Å². The van der Waals surface area contributed by atoms with Gasteiger partial charge in [-0.2, -0.15) is 26.3 Å². The van der Waals surface area contributed by atoms with Gasteiger partial charge in [0.1, 0.15) is 5.78 Å². The molecule has 2 aromatic rings. The van der Waals surface area contributed by atoms with Crippen LogP contribution in [-0.4, -0.2) is 23.9 Å². The van der Waals surface area contributed by atoms with Crippen LogP contribution in [0.4, 0.5) is 26.3 Å². The minimum absolute atomic E-state index is 0.0883. The van der Waals surface area contributed by atoms with Gasteiger partial charge in [-0.15, -0.1) is 0 Å². The number of ketones is 1. The van der Waals surface area contributed by atoms with Gasteiger partial charge in [0.15, 0.2) is 0 Å². The molecule has 1 unspecified atom stereocenters. The number of Topliss-reactive ketones (excluding diaryl/α,β-unsaturated/α-hetero) is 1. The normalized spacial score (nSPS) is 14.4. The van der Waals surface area contributed by atoms with Gasteiger partial charge in [-0.05, 0) is 42.3 Å². The van der Waals surface area contributed by atoms with Crippen molar-refractivity contribution in [3.8, 4) is 0 Å². The topological polar surface area (TPSA) is 46.2 Å². The van der Waals surface area contributed by atoms with Gasteiger partial charge in [-0.1, -0.05) is 73.8 Å². The minimum Gasteiger partial charge on any atom is -0.349 e. The van der Waals surface area contributed by atoms with E-state index in [1.807, 2.05) is 0 Å². The molecular formula is C26H24Cl3F6NO2. The second-order valence-electron chi connectivity index (χ2n) is 9.73. The molecule has 12 heteroatoms. The van der Waals surface area contributed by atoms with Crippen LogP contribution in [0.5, 0.6) is 0 Å². The fourth-order valence-corrected chi connectivity index (χ4v) is 4.02. The number of halogens is 9. The molecule has 2 atom stereocenters. The van der Waals surface area contributed by atoms with Crippen molar-refractivity contribution in [3.63, 3.8) is 0 Å². The van der Waals surface area contributed by atoms with Gasteiger partial charge in [0, 0.05) is 17.9 Å². The molecule has 38 heavy (non-hydrogen) atoms. The smallest absolute Gasteiger partial charge is 0.349 e. The summed E-state index contributed by atoms with van der Waals surface area (Å²) < 4.78 is 82.7. The highest BCUT2D eigenvalue weighted by molar-refractivity contribution is 6.48. The fourth-order valence-electron chi connectivity index (χ4n) is 3.41. The third-order valence-electron chi connectivity index (χ3n) is 5.50. The van der Waals surface area contributed by atoms with Crippen molar-refractivity contribution in [2.75, 3.05) is 0 Å². The van der Waals surface area contributed by atoms with Crippen LogP contribution in [-0.2, 0) is 11.0 Å². The first-order valence-electron chi connectivity index (χ1n) is 11.2. The maximum Gasteiger partial charge on any atom is 0.417 e. The number of rotatable bonds is 7. The van der Waals surface area contributed by atoms with Crippen molar-refractivity contribution in [3.05, 3.63) is 73.7 Å². The third kappa shape index (κ3) is 8.38. The van der Waals surface area contributed by atoms with E-state index in [9.17, 15) is 35.9 Å². The number of carbonyl (C=O) groups is 2. The fraction of sp³-hybridized carbons (Fsp3) is 0.385. The zero-order valence-electron chi connectivity index (χ0n) is 20.6. The van der Waals surface area contributed by atoms with Crippen molar-refractivity contribution in [2.45, 2.75) is 58.4 Å². The predicted octanol–water partition coefficient (Wildman–Crippen LogP) is 9.15. The van der Waals surface area contributed by atoms with E-state index >= 15 is 0 Å². The number of amides is 1. The van der Waals surface area contributed by atoms with Crippen LogP contribution >= 0.6 is 34.8 Å². The van der Waals surface area contributed by atoms with Crippen LogP contribution in [0.2, 0.25) is 15.1 Å². The molecule has 2 aromatic carbocycles. The standard InChI is InChI=1S/C26H24Cl3F6NO2/c1-13(9-21(37)24(2,3)4)36-23(38)16-7-5-14(10-18(16)26(33,34)35)6-8-17(25(30,31)32)15-11-19(27)22(29)20(28)12-15/h5-8,10-13,17H,9H2,1-4H3,(H,36,38)/b8-6+/t13-,17?/m1/s1. The Kier molecular flexibility index (Phi) is 10.0. The Balaban J connectivity index is 2.40. The highest BCUT2D eigenvalue weighted by Gasteiger charge is 2.40. The number of benzene rings is 2. The summed E-state index contributed by atoms with van der Waals surface area (Å²) in [4.78, 5) is 24.8. The minimum atomic E-state index is -4.98. The summed E-state index contributed by atoms with van der Waals surface area (Å²) in [7, 11) is 0. The molecule has 0 aliphatic carbocycles. The SMILES string of the molecule is C[C@H](CC(=O)C(C)(C)C)NC(=O)c1ccc(/C=C/C(c2cc(Cl)c(Cl)c(Cl)c2)C(F)(F)F)cc1C(F)(F)F. The Morgan fingerprint density at radius 2 is 1.50 bits per heavy atom. The Morgan fingerprint density at radius 1 is 0.947 bits per heavy atom. The number of nitrogens with one attached hydrogen (secondary N) is 1. The maximum absolute atomic E-state index is 13.8. The molecule has 0 saturated carbocycles. The van der Waals surface area contributed by atoms with Crippen LogP contribution in [0.25, 0.3) is 6.08 Å². The van der Waals surface area contributed by atoms with E-state index in [0.717, 1.165) is 30.3 Å². The molecule has 1 amide bonds. The summed E-state index contributed by atoms with van der Waals surface area (Å²) in [6, 6.07) is 3.72. The second kappa shape index (κ2) is 11.9. The Labute approximate surface area is 231 Å². The van der Waals surface area contributed by atoms with Gasteiger partial charge in [0.2, 0.25) is 0 Å². The monoisotopic (exact) mass is 601 g/mol. The van der Waals surface area contributed by atoms with Crippen molar-refractivity contribution >= 4 is 52.6 Å². The molecule has 0 bridgehead atoms. The number of hydrogen-bond donors (Lipinski definition) is 1. The Morgan fingerprint density at radius 3 is 1.97 bits per heavy atom. The molecular weight excluding hydrogens is 579 g/mol. The lowest BCUT2D eigenvalue weighted by Gasteiger charge is -2.21. The number of carbonyl (C=O) groups excluding carboxylic acids is 2. The van der Waals surface area contributed by atoms with Crippen LogP contribution in [0.15, 0.2) is 36.4 Å². The summed E-state index contributed by atoms with van der Waals surface area (Å²) in [5.74, 6) is -3.52. The molecule has 0 saturated heterocycles. The number of alkyl halides is 6. The maximum atomic E-state index is 13.8. The van der Waals surface area contributed by atoms with E-state index in [2.05, 4.69) is 5.32 Å². The lowest BCUT2D eigenvalue weighted by Crippen LogP contribution is -2.37. The highest BCUT2D eigenvalue weighted by Crippen LogP contribution is 2.41. The van der Waals surface area contributed by atoms with Gasteiger partial charge in [-0.3, -0.25) is 9.59 Å². The lowest BCUT2D eigenvalue weighted by molar-refractivity contribution is -0.139. The first kappa shape index (κ1) is 32.0. The summed E-state index contributed by atoms with van der Waals surface area (Å²) in [5, 5.41) is 1.80. The molecule has 0 aliphatic heterocycles. The van der Waals surface area contributed by atoms with Crippen LogP contribution in [0.3, 0.4) is 0 Å². The van der Waals surface area contributed by atoms with Crippen molar-refractivity contribution in [1.82, 2.24) is 5.32 Å². The molecule has 0 heterocycles. The van der Waals surface area contributed by atoms with Gasteiger partial charge < -0.3 is 5.32 Å².